The first-order valence-corrected chi connectivity index (χ1v) is 7.25. The Morgan fingerprint density at radius 1 is 1.33 bits per heavy atom. The third-order valence-electron chi connectivity index (χ3n) is 2.63. The standard InChI is InChI=1S/C14H21BrFNO/c1-3-8-17-13(10-18-9-4-2)11-6-5-7-12(16)14(11)15/h5-7,13,17H,3-4,8-10H2,1-2H3. The van der Waals surface area contributed by atoms with Crippen molar-refractivity contribution >= 4 is 15.9 Å². The molecular formula is C14H21BrFNO. The first kappa shape index (κ1) is 15.6. The van der Waals surface area contributed by atoms with Crippen molar-refractivity contribution in [3.8, 4) is 0 Å². The summed E-state index contributed by atoms with van der Waals surface area (Å²) < 4.78 is 19.6. The van der Waals surface area contributed by atoms with Gasteiger partial charge in [-0.05, 0) is 46.9 Å². The summed E-state index contributed by atoms with van der Waals surface area (Å²) in [5.74, 6) is -0.230. The largest absolute Gasteiger partial charge is 0.379 e. The second kappa shape index (κ2) is 8.62. The van der Waals surface area contributed by atoms with Gasteiger partial charge < -0.3 is 10.1 Å². The summed E-state index contributed by atoms with van der Waals surface area (Å²) in [4.78, 5) is 0. The molecule has 0 spiro atoms. The Labute approximate surface area is 117 Å². The Morgan fingerprint density at radius 3 is 2.78 bits per heavy atom. The second-order valence-electron chi connectivity index (χ2n) is 4.22. The summed E-state index contributed by atoms with van der Waals surface area (Å²) in [7, 11) is 0. The lowest BCUT2D eigenvalue weighted by molar-refractivity contribution is 0.111. The minimum atomic E-state index is -0.230. The molecule has 4 heteroatoms. The molecule has 0 aliphatic carbocycles. The van der Waals surface area contributed by atoms with Gasteiger partial charge in [0.15, 0.2) is 0 Å². The highest BCUT2D eigenvalue weighted by Gasteiger charge is 2.16. The van der Waals surface area contributed by atoms with Gasteiger partial charge in [0.1, 0.15) is 5.82 Å². The quantitative estimate of drug-likeness (QED) is 0.730. The fourth-order valence-corrected chi connectivity index (χ4v) is 2.25. The Hall–Kier alpha value is -0.450. The van der Waals surface area contributed by atoms with Crippen LogP contribution in [0.3, 0.4) is 0 Å². The zero-order valence-electron chi connectivity index (χ0n) is 11.0. The van der Waals surface area contributed by atoms with Crippen LogP contribution in [0.1, 0.15) is 38.3 Å². The molecule has 0 aliphatic rings. The van der Waals surface area contributed by atoms with E-state index in [0.29, 0.717) is 11.1 Å². The molecule has 102 valence electrons. The van der Waals surface area contributed by atoms with Crippen molar-refractivity contribution in [1.82, 2.24) is 5.32 Å². The fraction of sp³-hybridized carbons (Fsp3) is 0.571. The van der Waals surface area contributed by atoms with Crippen molar-refractivity contribution in [1.29, 1.82) is 0 Å². The van der Waals surface area contributed by atoms with Gasteiger partial charge in [-0.1, -0.05) is 26.0 Å². The van der Waals surface area contributed by atoms with Crippen molar-refractivity contribution in [2.45, 2.75) is 32.7 Å². The molecule has 0 aromatic heterocycles. The minimum Gasteiger partial charge on any atom is -0.379 e. The lowest BCUT2D eigenvalue weighted by atomic mass is 10.1. The average Bonchev–Trinajstić information content (AvgIpc) is 2.37. The maximum atomic E-state index is 13.5. The Morgan fingerprint density at radius 2 is 2.11 bits per heavy atom. The first-order valence-electron chi connectivity index (χ1n) is 6.45. The Kier molecular flexibility index (Phi) is 7.47. The van der Waals surface area contributed by atoms with Crippen LogP contribution in [0.15, 0.2) is 22.7 Å². The molecular weight excluding hydrogens is 297 g/mol. The van der Waals surface area contributed by atoms with Crippen LogP contribution in [0.4, 0.5) is 4.39 Å². The van der Waals surface area contributed by atoms with Crippen molar-refractivity contribution in [3.05, 3.63) is 34.1 Å². The van der Waals surface area contributed by atoms with Crippen LogP contribution in [0.5, 0.6) is 0 Å². The molecule has 0 saturated heterocycles. The van der Waals surface area contributed by atoms with Gasteiger partial charge in [0, 0.05) is 6.61 Å². The lowest BCUT2D eigenvalue weighted by Crippen LogP contribution is -2.27. The second-order valence-corrected chi connectivity index (χ2v) is 5.02. The van der Waals surface area contributed by atoms with E-state index in [1.807, 2.05) is 6.07 Å². The van der Waals surface area contributed by atoms with Crippen molar-refractivity contribution in [2.24, 2.45) is 0 Å². The predicted octanol–water partition coefficient (Wildman–Crippen LogP) is 4.06. The smallest absolute Gasteiger partial charge is 0.137 e. The van der Waals surface area contributed by atoms with E-state index < -0.39 is 0 Å². The lowest BCUT2D eigenvalue weighted by Gasteiger charge is -2.20. The minimum absolute atomic E-state index is 0.0292. The van der Waals surface area contributed by atoms with Crippen LogP contribution in [-0.4, -0.2) is 19.8 Å². The molecule has 0 saturated carbocycles. The summed E-state index contributed by atoms with van der Waals surface area (Å²) in [6, 6.07) is 5.14. The normalized spacial score (nSPS) is 12.7. The average molecular weight is 318 g/mol. The zero-order valence-corrected chi connectivity index (χ0v) is 12.6. The summed E-state index contributed by atoms with van der Waals surface area (Å²) in [5.41, 5.74) is 0.916. The van der Waals surface area contributed by atoms with Crippen LogP contribution >= 0.6 is 15.9 Å². The summed E-state index contributed by atoms with van der Waals surface area (Å²) in [6.45, 7) is 6.38. The van der Waals surface area contributed by atoms with Gasteiger partial charge in [0.2, 0.25) is 0 Å². The van der Waals surface area contributed by atoms with Crippen LogP contribution < -0.4 is 5.32 Å². The Balaban J connectivity index is 2.76. The van der Waals surface area contributed by atoms with Crippen molar-refractivity contribution < 1.29 is 9.13 Å². The van der Waals surface area contributed by atoms with Crippen molar-refractivity contribution in [2.75, 3.05) is 19.8 Å². The van der Waals surface area contributed by atoms with Gasteiger partial charge in [0.25, 0.3) is 0 Å². The van der Waals surface area contributed by atoms with E-state index in [0.717, 1.165) is 31.6 Å². The number of halogens is 2. The number of hydrogen-bond donors (Lipinski definition) is 1. The number of nitrogens with one attached hydrogen (secondary N) is 1. The monoisotopic (exact) mass is 317 g/mol. The van der Waals surface area contributed by atoms with Gasteiger partial charge in [-0.3, -0.25) is 0 Å². The topological polar surface area (TPSA) is 21.3 Å². The highest BCUT2D eigenvalue weighted by Crippen LogP contribution is 2.26. The van der Waals surface area contributed by atoms with E-state index in [4.69, 9.17) is 4.74 Å². The van der Waals surface area contributed by atoms with Gasteiger partial charge >= 0.3 is 0 Å². The van der Waals surface area contributed by atoms with Gasteiger partial charge in [-0.2, -0.15) is 0 Å². The van der Waals surface area contributed by atoms with E-state index in [9.17, 15) is 4.39 Å². The highest BCUT2D eigenvalue weighted by molar-refractivity contribution is 9.10. The molecule has 0 heterocycles. The molecule has 0 radical (unpaired) electrons. The number of benzene rings is 1. The third-order valence-corrected chi connectivity index (χ3v) is 3.47. The molecule has 0 bridgehead atoms. The molecule has 1 N–H and O–H groups in total. The number of rotatable bonds is 8. The van der Waals surface area contributed by atoms with E-state index in [1.165, 1.54) is 6.07 Å². The summed E-state index contributed by atoms with van der Waals surface area (Å²) in [5, 5.41) is 3.39. The highest BCUT2D eigenvalue weighted by atomic mass is 79.9. The van der Waals surface area contributed by atoms with Crippen LogP contribution in [0.2, 0.25) is 0 Å². The molecule has 1 unspecified atom stereocenters. The van der Waals surface area contributed by atoms with E-state index in [-0.39, 0.29) is 11.9 Å². The summed E-state index contributed by atoms with van der Waals surface area (Å²) in [6.07, 6.45) is 2.03. The van der Waals surface area contributed by atoms with Crippen LogP contribution in [0, 0.1) is 5.82 Å². The third kappa shape index (κ3) is 4.67. The molecule has 0 fully saturated rings. The van der Waals surface area contributed by atoms with Gasteiger partial charge in [-0.25, -0.2) is 4.39 Å². The maximum absolute atomic E-state index is 13.5. The maximum Gasteiger partial charge on any atom is 0.137 e. The van der Waals surface area contributed by atoms with E-state index in [1.54, 1.807) is 6.07 Å². The number of ether oxygens (including phenoxy) is 1. The molecule has 1 atom stereocenters. The molecule has 2 nitrogen and oxygen atoms in total. The SMILES string of the molecule is CCCNC(COCCC)c1cccc(F)c1Br. The first-order chi connectivity index (χ1) is 8.70. The Bertz CT molecular complexity index is 360. The molecule has 0 aliphatic heterocycles. The van der Waals surface area contributed by atoms with Crippen LogP contribution in [-0.2, 0) is 4.74 Å². The molecule has 1 aromatic rings. The van der Waals surface area contributed by atoms with Crippen molar-refractivity contribution in [3.63, 3.8) is 0 Å². The number of hydrogen-bond acceptors (Lipinski definition) is 2. The van der Waals surface area contributed by atoms with E-state index in [2.05, 4.69) is 35.1 Å². The van der Waals surface area contributed by atoms with Gasteiger partial charge in [-0.15, -0.1) is 0 Å². The fourth-order valence-electron chi connectivity index (χ4n) is 1.71. The molecule has 0 amide bonds. The van der Waals surface area contributed by atoms with Crippen LogP contribution in [0.25, 0.3) is 0 Å². The predicted molar refractivity (Wildman–Crippen MR) is 76.2 cm³/mol. The molecule has 18 heavy (non-hydrogen) atoms. The zero-order chi connectivity index (χ0) is 13.4. The van der Waals surface area contributed by atoms with Gasteiger partial charge in [0.05, 0.1) is 17.1 Å². The molecule has 1 rings (SSSR count). The molecule has 1 aromatic carbocycles. The van der Waals surface area contributed by atoms with E-state index >= 15 is 0 Å². The summed E-state index contributed by atoms with van der Waals surface area (Å²) >= 11 is 3.31.